The lowest BCUT2D eigenvalue weighted by Crippen LogP contribution is -2.44. The van der Waals surface area contributed by atoms with Crippen molar-refractivity contribution >= 4 is 17.2 Å². The van der Waals surface area contributed by atoms with E-state index < -0.39 is 0 Å². The van der Waals surface area contributed by atoms with Gasteiger partial charge in [0.25, 0.3) is 5.91 Å². The molecule has 23 heavy (non-hydrogen) atoms. The fourth-order valence-electron chi connectivity index (χ4n) is 3.36. The summed E-state index contributed by atoms with van der Waals surface area (Å²) in [7, 11) is 0. The Balaban J connectivity index is 1.83. The number of nitrogens with zero attached hydrogens (tertiary/aromatic N) is 1. The highest BCUT2D eigenvalue weighted by Crippen LogP contribution is 2.24. The Bertz CT molecular complexity index is 637. The third-order valence-electron chi connectivity index (χ3n) is 4.54. The average Bonchev–Trinajstić information content (AvgIpc) is 3.09. The second-order valence-electron chi connectivity index (χ2n) is 6.07. The zero-order valence-electron chi connectivity index (χ0n) is 13.3. The lowest BCUT2D eigenvalue weighted by atomic mass is 9.96. The predicted molar refractivity (Wildman–Crippen MR) is 93.9 cm³/mol. The van der Waals surface area contributed by atoms with E-state index in [9.17, 15) is 9.90 Å². The van der Waals surface area contributed by atoms with Crippen molar-refractivity contribution in [2.45, 2.75) is 38.1 Å². The van der Waals surface area contributed by atoms with E-state index in [4.69, 9.17) is 0 Å². The van der Waals surface area contributed by atoms with Gasteiger partial charge in [0.2, 0.25) is 0 Å². The SMILES string of the molecule is O=C(c1ccccc1Cc1cccs1)N1CCCCC1CCO. The molecule has 3 nitrogen and oxygen atoms in total. The van der Waals surface area contributed by atoms with Crippen molar-refractivity contribution in [3.05, 3.63) is 57.8 Å². The van der Waals surface area contributed by atoms with Gasteiger partial charge in [0.1, 0.15) is 0 Å². The van der Waals surface area contributed by atoms with Crippen LogP contribution in [0.25, 0.3) is 0 Å². The molecule has 1 atom stereocenters. The van der Waals surface area contributed by atoms with Crippen LogP contribution in [-0.4, -0.2) is 35.1 Å². The maximum atomic E-state index is 13.1. The number of hydrogen-bond donors (Lipinski definition) is 1. The van der Waals surface area contributed by atoms with Gasteiger partial charge in [-0.15, -0.1) is 11.3 Å². The number of aliphatic hydroxyl groups is 1. The van der Waals surface area contributed by atoms with Crippen LogP contribution in [0.2, 0.25) is 0 Å². The first-order chi connectivity index (χ1) is 11.3. The molecule has 0 bridgehead atoms. The molecule has 3 rings (SSSR count). The van der Waals surface area contributed by atoms with Crippen LogP contribution in [0.3, 0.4) is 0 Å². The van der Waals surface area contributed by atoms with Crippen LogP contribution in [0.4, 0.5) is 0 Å². The van der Waals surface area contributed by atoms with E-state index in [0.29, 0.717) is 6.42 Å². The first kappa shape index (κ1) is 16.2. The van der Waals surface area contributed by atoms with Crippen LogP contribution in [0.1, 0.15) is 46.5 Å². The zero-order valence-corrected chi connectivity index (χ0v) is 14.1. The summed E-state index contributed by atoms with van der Waals surface area (Å²) >= 11 is 1.72. The molecule has 1 unspecified atom stereocenters. The van der Waals surface area contributed by atoms with Gasteiger partial charge in [-0.2, -0.15) is 0 Å². The molecule has 122 valence electrons. The Labute approximate surface area is 141 Å². The molecule has 1 N–H and O–H groups in total. The summed E-state index contributed by atoms with van der Waals surface area (Å²) in [4.78, 5) is 16.3. The number of carbonyl (C=O) groups is 1. The summed E-state index contributed by atoms with van der Waals surface area (Å²) in [5, 5.41) is 11.3. The molecule has 2 heterocycles. The van der Waals surface area contributed by atoms with Gasteiger partial charge < -0.3 is 10.0 Å². The predicted octanol–water partition coefficient (Wildman–Crippen LogP) is 3.72. The molecule has 0 spiro atoms. The van der Waals surface area contributed by atoms with E-state index in [1.165, 1.54) is 4.88 Å². The molecule has 1 fully saturated rings. The zero-order chi connectivity index (χ0) is 16.1. The molecule has 1 aliphatic heterocycles. The Morgan fingerprint density at radius 2 is 2.09 bits per heavy atom. The monoisotopic (exact) mass is 329 g/mol. The van der Waals surface area contributed by atoms with Crippen molar-refractivity contribution in [1.82, 2.24) is 4.90 Å². The number of thiophene rings is 1. The molecule has 1 amide bonds. The van der Waals surface area contributed by atoms with Crippen molar-refractivity contribution in [2.24, 2.45) is 0 Å². The molecular weight excluding hydrogens is 306 g/mol. The van der Waals surface area contributed by atoms with Crippen LogP contribution in [-0.2, 0) is 6.42 Å². The molecule has 1 saturated heterocycles. The van der Waals surface area contributed by atoms with Gasteiger partial charge in [-0.1, -0.05) is 24.3 Å². The summed E-state index contributed by atoms with van der Waals surface area (Å²) < 4.78 is 0. The minimum absolute atomic E-state index is 0.121. The van der Waals surface area contributed by atoms with Crippen LogP contribution >= 0.6 is 11.3 Å². The van der Waals surface area contributed by atoms with Crippen LogP contribution < -0.4 is 0 Å². The standard InChI is InChI=1S/C19H23NO2S/c21-12-10-16-7-3-4-11-20(16)19(22)18-9-2-1-6-15(18)14-17-8-5-13-23-17/h1-2,5-6,8-9,13,16,21H,3-4,7,10-12,14H2. The first-order valence-electron chi connectivity index (χ1n) is 8.31. The lowest BCUT2D eigenvalue weighted by Gasteiger charge is -2.36. The summed E-state index contributed by atoms with van der Waals surface area (Å²) in [6.45, 7) is 0.947. The summed E-state index contributed by atoms with van der Waals surface area (Å²) in [6, 6.07) is 12.3. The Morgan fingerprint density at radius 1 is 1.22 bits per heavy atom. The highest BCUT2D eigenvalue weighted by atomic mass is 32.1. The van der Waals surface area contributed by atoms with E-state index >= 15 is 0 Å². The van der Waals surface area contributed by atoms with Gasteiger partial charge in [-0.3, -0.25) is 4.79 Å². The number of amides is 1. The van der Waals surface area contributed by atoms with Crippen molar-refractivity contribution in [3.8, 4) is 0 Å². The van der Waals surface area contributed by atoms with Gasteiger partial charge in [0, 0.05) is 36.1 Å². The number of rotatable bonds is 5. The lowest BCUT2D eigenvalue weighted by molar-refractivity contribution is 0.0573. The number of carbonyl (C=O) groups excluding carboxylic acids is 1. The quantitative estimate of drug-likeness (QED) is 0.908. The largest absolute Gasteiger partial charge is 0.396 e. The molecule has 0 aliphatic carbocycles. The van der Waals surface area contributed by atoms with Crippen molar-refractivity contribution in [2.75, 3.05) is 13.2 Å². The normalized spacial score (nSPS) is 18.1. The first-order valence-corrected chi connectivity index (χ1v) is 9.19. The highest BCUT2D eigenvalue weighted by molar-refractivity contribution is 7.09. The highest BCUT2D eigenvalue weighted by Gasteiger charge is 2.28. The summed E-state index contributed by atoms with van der Waals surface area (Å²) in [5.74, 6) is 0.121. The number of aliphatic hydroxyl groups excluding tert-OH is 1. The molecule has 1 aromatic carbocycles. The number of likely N-dealkylation sites (tertiary alicyclic amines) is 1. The minimum Gasteiger partial charge on any atom is -0.396 e. The van der Waals surface area contributed by atoms with E-state index in [-0.39, 0.29) is 18.6 Å². The third kappa shape index (κ3) is 3.82. The maximum Gasteiger partial charge on any atom is 0.254 e. The minimum atomic E-state index is 0.121. The fourth-order valence-corrected chi connectivity index (χ4v) is 4.08. The molecule has 2 aromatic rings. The molecule has 1 aliphatic rings. The Hall–Kier alpha value is -1.65. The van der Waals surface area contributed by atoms with E-state index in [2.05, 4.69) is 17.5 Å². The second kappa shape index (κ2) is 7.75. The Kier molecular flexibility index (Phi) is 5.47. The molecule has 0 radical (unpaired) electrons. The van der Waals surface area contributed by atoms with Gasteiger partial charge in [-0.05, 0) is 48.8 Å². The Morgan fingerprint density at radius 3 is 2.87 bits per heavy atom. The number of hydrogen-bond acceptors (Lipinski definition) is 3. The topological polar surface area (TPSA) is 40.5 Å². The van der Waals surface area contributed by atoms with Gasteiger partial charge in [0.05, 0.1) is 0 Å². The molecule has 0 saturated carbocycles. The third-order valence-corrected chi connectivity index (χ3v) is 5.42. The van der Waals surface area contributed by atoms with Gasteiger partial charge in [-0.25, -0.2) is 0 Å². The number of piperidine rings is 1. The average molecular weight is 329 g/mol. The fraction of sp³-hybridized carbons (Fsp3) is 0.421. The van der Waals surface area contributed by atoms with Crippen LogP contribution in [0.5, 0.6) is 0 Å². The van der Waals surface area contributed by atoms with Crippen molar-refractivity contribution in [1.29, 1.82) is 0 Å². The van der Waals surface area contributed by atoms with Crippen LogP contribution in [0, 0.1) is 0 Å². The van der Waals surface area contributed by atoms with Crippen molar-refractivity contribution < 1.29 is 9.90 Å². The number of benzene rings is 1. The molecular formula is C19H23NO2S. The van der Waals surface area contributed by atoms with Gasteiger partial charge in [0.15, 0.2) is 0 Å². The maximum absolute atomic E-state index is 13.1. The molecule has 1 aromatic heterocycles. The van der Waals surface area contributed by atoms with E-state index in [1.807, 2.05) is 29.2 Å². The van der Waals surface area contributed by atoms with Gasteiger partial charge >= 0.3 is 0 Å². The summed E-state index contributed by atoms with van der Waals surface area (Å²) in [6.07, 6.45) is 4.68. The van der Waals surface area contributed by atoms with Crippen molar-refractivity contribution in [3.63, 3.8) is 0 Å². The summed E-state index contributed by atoms with van der Waals surface area (Å²) in [5.41, 5.74) is 1.90. The smallest absolute Gasteiger partial charge is 0.254 e. The second-order valence-corrected chi connectivity index (χ2v) is 7.11. The van der Waals surface area contributed by atoms with E-state index in [1.54, 1.807) is 11.3 Å². The van der Waals surface area contributed by atoms with Crippen LogP contribution in [0.15, 0.2) is 41.8 Å². The molecule has 4 heteroatoms. The van der Waals surface area contributed by atoms with E-state index in [0.717, 1.165) is 43.4 Å².